The molecule has 0 amide bonds. The maximum atomic E-state index is 11.9. The Hall–Kier alpha value is -0.190. The van der Waals surface area contributed by atoms with Crippen molar-refractivity contribution in [2.45, 2.75) is 24.1 Å². The van der Waals surface area contributed by atoms with Gasteiger partial charge >= 0.3 is 0 Å². The van der Waals surface area contributed by atoms with Crippen molar-refractivity contribution in [1.29, 1.82) is 0 Å². The highest BCUT2D eigenvalue weighted by Crippen LogP contribution is 2.20. The van der Waals surface area contributed by atoms with Crippen LogP contribution in [0.4, 0.5) is 0 Å². The lowest BCUT2D eigenvalue weighted by Crippen LogP contribution is -2.42. The van der Waals surface area contributed by atoms with Gasteiger partial charge in [-0.05, 0) is 12.8 Å². The molecule has 0 unspecified atom stereocenters. The first-order valence-corrected chi connectivity index (χ1v) is 10.7. The third-order valence-electron chi connectivity index (χ3n) is 3.19. The molecule has 18 heavy (non-hydrogen) atoms. The van der Waals surface area contributed by atoms with Crippen molar-refractivity contribution >= 4 is 29.7 Å². The van der Waals surface area contributed by atoms with Gasteiger partial charge in [-0.3, -0.25) is 0 Å². The van der Waals surface area contributed by atoms with E-state index in [0.29, 0.717) is 0 Å². The Balaban J connectivity index is 2.05. The summed E-state index contributed by atoms with van der Waals surface area (Å²) in [7, 11) is -10.2. The molecule has 10 heteroatoms. The van der Waals surface area contributed by atoms with E-state index >= 15 is 0 Å². The zero-order chi connectivity index (χ0) is 13.6. The van der Waals surface area contributed by atoms with Crippen LogP contribution < -0.4 is 4.72 Å². The Morgan fingerprint density at radius 1 is 0.889 bits per heavy atom. The average molecular weight is 317 g/mol. The molecule has 0 spiro atoms. The molecular formula is C8H15NO6S3. The predicted octanol–water partition coefficient (Wildman–Crippen LogP) is -1.72. The molecule has 0 aromatic heterocycles. The number of sulfonamides is 1. The molecule has 7 nitrogen and oxygen atoms in total. The summed E-state index contributed by atoms with van der Waals surface area (Å²) in [5, 5.41) is -0.953. The second kappa shape index (κ2) is 4.43. The summed E-state index contributed by atoms with van der Waals surface area (Å²) in [5.41, 5.74) is 0. The van der Waals surface area contributed by atoms with Gasteiger partial charge in [0.25, 0.3) is 0 Å². The molecule has 0 bridgehead atoms. The van der Waals surface area contributed by atoms with Crippen molar-refractivity contribution < 1.29 is 25.3 Å². The van der Waals surface area contributed by atoms with Crippen LogP contribution in [0.15, 0.2) is 0 Å². The number of hydrogen-bond acceptors (Lipinski definition) is 6. The van der Waals surface area contributed by atoms with E-state index in [-0.39, 0.29) is 35.9 Å². The van der Waals surface area contributed by atoms with E-state index in [4.69, 9.17) is 0 Å². The Bertz CT molecular complexity index is 632. The maximum Gasteiger partial charge on any atom is 0.215 e. The zero-order valence-electron chi connectivity index (χ0n) is 9.57. The largest absolute Gasteiger partial charge is 0.229 e. The van der Waals surface area contributed by atoms with Gasteiger partial charge in [-0.25, -0.2) is 30.0 Å². The van der Waals surface area contributed by atoms with E-state index in [0.717, 1.165) is 0 Å². The molecule has 0 aromatic rings. The zero-order valence-corrected chi connectivity index (χ0v) is 12.0. The third-order valence-corrected chi connectivity index (χ3v) is 8.88. The average Bonchev–Trinajstić information content (AvgIpc) is 2.69. The number of hydrogen-bond donors (Lipinski definition) is 1. The van der Waals surface area contributed by atoms with E-state index in [1.54, 1.807) is 0 Å². The van der Waals surface area contributed by atoms with Crippen LogP contribution in [0.2, 0.25) is 0 Å². The van der Waals surface area contributed by atoms with Crippen molar-refractivity contribution in [2.75, 3.05) is 23.0 Å². The second-order valence-electron chi connectivity index (χ2n) is 4.79. The Labute approximate surface area is 107 Å². The van der Waals surface area contributed by atoms with Gasteiger partial charge < -0.3 is 0 Å². The second-order valence-corrected chi connectivity index (χ2v) is 11.2. The fourth-order valence-corrected chi connectivity index (χ4v) is 8.32. The van der Waals surface area contributed by atoms with Crippen LogP contribution in [0.5, 0.6) is 0 Å². The van der Waals surface area contributed by atoms with Gasteiger partial charge in [-0.2, -0.15) is 0 Å². The van der Waals surface area contributed by atoms with Crippen LogP contribution in [-0.4, -0.2) is 59.6 Å². The molecule has 0 aromatic carbocycles. The first-order chi connectivity index (χ1) is 8.10. The molecule has 1 N–H and O–H groups in total. The van der Waals surface area contributed by atoms with Gasteiger partial charge in [0.15, 0.2) is 19.7 Å². The minimum atomic E-state index is -3.76. The van der Waals surface area contributed by atoms with Crippen LogP contribution >= 0.6 is 0 Å². The Kier molecular flexibility index (Phi) is 3.50. The van der Waals surface area contributed by atoms with Crippen molar-refractivity contribution in [3.05, 3.63) is 0 Å². The summed E-state index contributed by atoms with van der Waals surface area (Å²) in [5.74, 6) is -0.724. The summed E-state index contributed by atoms with van der Waals surface area (Å²) >= 11 is 0. The normalized spacial score (nSPS) is 34.7. The molecule has 2 rings (SSSR count). The van der Waals surface area contributed by atoms with Crippen molar-refractivity contribution in [1.82, 2.24) is 4.72 Å². The minimum absolute atomic E-state index is 0.0247. The molecule has 2 heterocycles. The predicted molar refractivity (Wildman–Crippen MR) is 66.2 cm³/mol. The van der Waals surface area contributed by atoms with E-state index in [1.807, 2.05) is 0 Å². The first kappa shape index (κ1) is 14.2. The molecule has 2 saturated heterocycles. The molecule has 2 aliphatic rings. The Morgan fingerprint density at radius 3 is 1.89 bits per heavy atom. The molecule has 2 aliphatic heterocycles. The molecule has 0 aliphatic carbocycles. The van der Waals surface area contributed by atoms with Crippen molar-refractivity contribution in [2.24, 2.45) is 0 Å². The summed E-state index contributed by atoms with van der Waals surface area (Å²) in [4.78, 5) is 0. The topological polar surface area (TPSA) is 114 Å². The lowest BCUT2D eigenvalue weighted by atomic mass is 10.3. The van der Waals surface area contributed by atoms with E-state index in [1.165, 1.54) is 0 Å². The molecule has 0 radical (unpaired) electrons. The number of nitrogens with one attached hydrogen (secondary N) is 1. The highest BCUT2D eigenvalue weighted by Gasteiger charge is 2.39. The fourth-order valence-electron chi connectivity index (χ4n) is 2.22. The quantitative estimate of drug-likeness (QED) is 0.662. The molecule has 106 valence electrons. The van der Waals surface area contributed by atoms with Crippen molar-refractivity contribution in [3.8, 4) is 0 Å². The minimum Gasteiger partial charge on any atom is -0.229 e. The highest BCUT2D eigenvalue weighted by atomic mass is 32.2. The van der Waals surface area contributed by atoms with Crippen LogP contribution in [0.1, 0.15) is 12.8 Å². The summed E-state index contributed by atoms with van der Waals surface area (Å²) < 4.78 is 71.1. The molecular weight excluding hydrogens is 302 g/mol. The van der Waals surface area contributed by atoms with Gasteiger partial charge in [0, 0.05) is 6.04 Å². The highest BCUT2D eigenvalue weighted by molar-refractivity contribution is 7.95. The monoisotopic (exact) mass is 317 g/mol. The molecule has 2 fully saturated rings. The summed E-state index contributed by atoms with van der Waals surface area (Å²) in [6.07, 6.45) is 0.332. The van der Waals surface area contributed by atoms with E-state index in [2.05, 4.69) is 4.72 Å². The van der Waals surface area contributed by atoms with Gasteiger partial charge in [-0.15, -0.1) is 0 Å². The van der Waals surface area contributed by atoms with Crippen LogP contribution in [0.3, 0.4) is 0 Å². The number of sulfone groups is 2. The number of rotatable bonds is 3. The van der Waals surface area contributed by atoms with Gasteiger partial charge in [0.1, 0.15) is 0 Å². The van der Waals surface area contributed by atoms with Gasteiger partial charge in [-0.1, -0.05) is 0 Å². The SMILES string of the molecule is O=S1(=O)CC[C@@H](NS(=O)(=O)[C@@H]2CCS(=O)(=O)C2)C1. The lowest BCUT2D eigenvalue weighted by molar-refractivity contribution is 0.550. The summed E-state index contributed by atoms with van der Waals surface area (Å²) in [6.45, 7) is 0. The van der Waals surface area contributed by atoms with Crippen LogP contribution in [0.25, 0.3) is 0 Å². The summed E-state index contributed by atoms with van der Waals surface area (Å²) in [6, 6.07) is -0.622. The van der Waals surface area contributed by atoms with Crippen LogP contribution in [-0.2, 0) is 29.7 Å². The van der Waals surface area contributed by atoms with E-state index in [9.17, 15) is 25.3 Å². The maximum absolute atomic E-state index is 11.9. The third kappa shape index (κ3) is 3.22. The van der Waals surface area contributed by atoms with Crippen molar-refractivity contribution in [3.63, 3.8) is 0 Å². The fraction of sp³-hybridized carbons (Fsp3) is 1.00. The van der Waals surface area contributed by atoms with Gasteiger partial charge in [0.05, 0.1) is 28.3 Å². The lowest BCUT2D eigenvalue weighted by Gasteiger charge is -2.15. The van der Waals surface area contributed by atoms with Gasteiger partial charge in [0.2, 0.25) is 10.0 Å². The smallest absolute Gasteiger partial charge is 0.215 e. The Morgan fingerprint density at radius 2 is 1.44 bits per heavy atom. The standard InChI is InChI=1S/C8H15NO6S3/c10-16(11)3-1-7(5-16)9-18(14,15)8-2-4-17(12,13)6-8/h7-9H,1-6H2/t7-,8-/m1/s1. The van der Waals surface area contributed by atoms with E-state index < -0.39 is 41.0 Å². The first-order valence-electron chi connectivity index (χ1n) is 5.52. The molecule has 2 atom stereocenters. The van der Waals surface area contributed by atoms with Crippen LogP contribution in [0, 0.1) is 0 Å². The molecule has 0 saturated carbocycles.